The van der Waals surface area contributed by atoms with Gasteiger partial charge in [-0.05, 0) is 121 Å². The summed E-state index contributed by atoms with van der Waals surface area (Å²) in [4.78, 5) is 23.6. The molecule has 216 valence electrons. The number of hydrogen-bond acceptors (Lipinski definition) is 4. The molecule has 0 unspecified atom stereocenters. The molecular formula is C34H56O4. The van der Waals surface area contributed by atoms with Gasteiger partial charge in [-0.2, -0.15) is 0 Å². The standard InChI is InChI=1S/C34H56O4/c1-22-25(38-24(3)36)10-11-26-31(22,6)13-12-27-32(26,7)17-19-34(9)28-20-29(4,21-37-23(2)35)14-15-30(28,5)16-18-33(27,34)8/h22,25-28H,10-21H2,1-9H3/t22-,25-,26+,27+,28+,29+,30+,31+,32-,33+,34+/m0/s1. The molecule has 5 aliphatic carbocycles. The Morgan fingerprint density at radius 3 is 1.97 bits per heavy atom. The molecule has 0 spiro atoms. The first-order valence-electron chi connectivity index (χ1n) is 15.8. The van der Waals surface area contributed by atoms with E-state index >= 15 is 0 Å². The summed E-state index contributed by atoms with van der Waals surface area (Å²) in [7, 11) is 0. The Hall–Kier alpha value is -1.06. The van der Waals surface area contributed by atoms with Crippen LogP contribution < -0.4 is 0 Å². The van der Waals surface area contributed by atoms with Crippen molar-refractivity contribution in [1.82, 2.24) is 0 Å². The van der Waals surface area contributed by atoms with Gasteiger partial charge in [0.2, 0.25) is 0 Å². The molecule has 0 N–H and O–H groups in total. The second kappa shape index (κ2) is 8.97. The summed E-state index contributed by atoms with van der Waals surface area (Å²) >= 11 is 0. The van der Waals surface area contributed by atoms with Gasteiger partial charge in [0.25, 0.3) is 0 Å². The first-order chi connectivity index (χ1) is 17.5. The largest absolute Gasteiger partial charge is 0.465 e. The predicted molar refractivity (Wildman–Crippen MR) is 151 cm³/mol. The van der Waals surface area contributed by atoms with Crippen LogP contribution in [0.2, 0.25) is 0 Å². The van der Waals surface area contributed by atoms with E-state index in [0.717, 1.165) is 12.3 Å². The van der Waals surface area contributed by atoms with Crippen molar-refractivity contribution >= 4 is 11.9 Å². The number of hydrogen-bond donors (Lipinski definition) is 0. The second-order valence-electron chi connectivity index (χ2n) is 16.5. The van der Waals surface area contributed by atoms with Crippen molar-refractivity contribution < 1.29 is 19.1 Å². The van der Waals surface area contributed by atoms with Crippen LogP contribution in [-0.2, 0) is 19.1 Å². The maximum absolute atomic E-state index is 11.9. The third-order valence-corrected chi connectivity index (χ3v) is 14.7. The first-order valence-corrected chi connectivity index (χ1v) is 15.8. The lowest BCUT2D eigenvalue weighted by Gasteiger charge is -2.75. The summed E-state index contributed by atoms with van der Waals surface area (Å²) in [5.74, 6) is 2.28. The van der Waals surface area contributed by atoms with Gasteiger partial charge in [0.15, 0.2) is 0 Å². The molecule has 5 rings (SSSR count). The van der Waals surface area contributed by atoms with Gasteiger partial charge in [-0.25, -0.2) is 0 Å². The highest BCUT2D eigenvalue weighted by molar-refractivity contribution is 5.66. The average Bonchev–Trinajstić information content (AvgIpc) is 2.83. The fourth-order valence-corrected chi connectivity index (χ4v) is 12.0. The van der Waals surface area contributed by atoms with Gasteiger partial charge in [0, 0.05) is 19.3 Å². The van der Waals surface area contributed by atoms with E-state index in [1.807, 2.05) is 0 Å². The van der Waals surface area contributed by atoms with E-state index in [1.165, 1.54) is 64.2 Å². The van der Waals surface area contributed by atoms with E-state index in [9.17, 15) is 9.59 Å². The van der Waals surface area contributed by atoms with Crippen LogP contribution in [0.25, 0.3) is 0 Å². The normalized spacial score (nSPS) is 54.0. The number of rotatable bonds is 3. The van der Waals surface area contributed by atoms with Gasteiger partial charge in [0.05, 0.1) is 6.61 Å². The highest BCUT2D eigenvalue weighted by atomic mass is 16.5. The van der Waals surface area contributed by atoms with Gasteiger partial charge in [-0.15, -0.1) is 0 Å². The maximum Gasteiger partial charge on any atom is 0.302 e. The fourth-order valence-electron chi connectivity index (χ4n) is 12.0. The van der Waals surface area contributed by atoms with Gasteiger partial charge in [-0.1, -0.05) is 48.5 Å². The van der Waals surface area contributed by atoms with Crippen molar-refractivity contribution in [3.63, 3.8) is 0 Å². The average molecular weight is 529 g/mol. The maximum atomic E-state index is 11.9. The molecule has 0 aromatic rings. The number of carbonyl (C=O) groups is 2. The Kier molecular flexibility index (Phi) is 6.72. The van der Waals surface area contributed by atoms with Crippen LogP contribution in [0.4, 0.5) is 0 Å². The highest BCUT2D eigenvalue weighted by Crippen LogP contribution is 2.78. The zero-order valence-corrected chi connectivity index (χ0v) is 26.0. The Balaban J connectivity index is 1.45. The van der Waals surface area contributed by atoms with E-state index < -0.39 is 0 Å². The summed E-state index contributed by atoms with van der Waals surface area (Å²) < 4.78 is 11.5. The monoisotopic (exact) mass is 528 g/mol. The molecule has 0 aromatic heterocycles. The van der Waals surface area contributed by atoms with E-state index in [1.54, 1.807) is 13.8 Å². The Morgan fingerprint density at radius 1 is 0.684 bits per heavy atom. The van der Waals surface area contributed by atoms with Crippen LogP contribution in [-0.4, -0.2) is 24.6 Å². The molecule has 0 bridgehead atoms. The Labute approximate surface area is 232 Å². The van der Waals surface area contributed by atoms with Crippen LogP contribution in [0.15, 0.2) is 0 Å². The van der Waals surface area contributed by atoms with Gasteiger partial charge in [0.1, 0.15) is 6.10 Å². The summed E-state index contributed by atoms with van der Waals surface area (Å²) in [6.45, 7) is 21.6. The van der Waals surface area contributed by atoms with Gasteiger partial charge >= 0.3 is 11.9 Å². The third-order valence-electron chi connectivity index (χ3n) is 14.7. The molecule has 5 aliphatic rings. The topological polar surface area (TPSA) is 52.6 Å². The second-order valence-corrected chi connectivity index (χ2v) is 16.5. The zero-order chi connectivity index (χ0) is 27.9. The van der Waals surface area contributed by atoms with Crippen LogP contribution in [0.3, 0.4) is 0 Å². The van der Waals surface area contributed by atoms with Crippen LogP contribution in [0.5, 0.6) is 0 Å². The highest BCUT2D eigenvalue weighted by Gasteiger charge is 2.71. The van der Waals surface area contributed by atoms with Gasteiger partial charge < -0.3 is 9.47 Å². The minimum Gasteiger partial charge on any atom is -0.465 e. The van der Waals surface area contributed by atoms with Crippen LogP contribution in [0, 0.1) is 56.2 Å². The van der Waals surface area contributed by atoms with Crippen molar-refractivity contribution in [2.24, 2.45) is 56.2 Å². The Morgan fingerprint density at radius 2 is 1.32 bits per heavy atom. The first kappa shape index (κ1) is 28.5. The molecule has 38 heavy (non-hydrogen) atoms. The zero-order valence-electron chi connectivity index (χ0n) is 26.0. The molecule has 0 aliphatic heterocycles. The summed E-state index contributed by atoms with van der Waals surface area (Å²) in [6, 6.07) is 0. The molecule has 5 fully saturated rings. The lowest BCUT2D eigenvalue weighted by atomic mass is 9.30. The van der Waals surface area contributed by atoms with Crippen molar-refractivity contribution in [2.45, 2.75) is 139 Å². The third kappa shape index (κ3) is 3.95. The van der Waals surface area contributed by atoms with Crippen molar-refractivity contribution in [3.8, 4) is 0 Å². The number of carbonyl (C=O) groups excluding carboxylic acids is 2. The molecule has 11 atom stereocenters. The summed E-state index contributed by atoms with van der Waals surface area (Å²) in [5, 5.41) is 0. The smallest absolute Gasteiger partial charge is 0.302 e. The molecule has 4 heteroatoms. The Bertz CT molecular complexity index is 976. The predicted octanol–water partition coefficient (Wildman–Crippen LogP) is 8.36. The summed E-state index contributed by atoms with van der Waals surface area (Å²) in [6.07, 6.45) is 13.8. The summed E-state index contributed by atoms with van der Waals surface area (Å²) in [5.41, 5.74) is 1.73. The minimum atomic E-state index is -0.143. The molecule has 0 amide bonds. The lowest BCUT2D eigenvalue weighted by Crippen LogP contribution is -2.68. The van der Waals surface area contributed by atoms with Gasteiger partial charge in [-0.3, -0.25) is 9.59 Å². The van der Waals surface area contributed by atoms with E-state index in [0.29, 0.717) is 46.0 Å². The molecular weight excluding hydrogens is 472 g/mol. The number of ether oxygens (including phenoxy) is 2. The lowest BCUT2D eigenvalue weighted by molar-refractivity contribution is -0.265. The molecule has 5 saturated carbocycles. The van der Waals surface area contributed by atoms with Crippen LogP contribution in [0.1, 0.15) is 133 Å². The van der Waals surface area contributed by atoms with E-state index in [4.69, 9.17) is 9.47 Å². The van der Waals surface area contributed by atoms with Crippen molar-refractivity contribution in [1.29, 1.82) is 0 Å². The van der Waals surface area contributed by atoms with Crippen molar-refractivity contribution in [2.75, 3.05) is 6.61 Å². The molecule has 0 radical (unpaired) electrons. The number of fused-ring (bicyclic) bond motifs is 7. The van der Waals surface area contributed by atoms with Crippen LogP contribution >= 0.6 is 0 Å². The van der Waals surface area contributed by atoms with Crippen molar-refractivity contribution in [3.05, 3.63) is 0 Å². The SMILES string of the molecule is CC(=O)OC[C@]1(C)CC[C@]2(C)CC[C@]3(C)[C@@H]4CC[C@@]5(C)[C@@H](CC[C@H](OC(C)=O)[C@@H]5C)[C@]4(C)CC[C@]3(C)[C@@H]2C1. The quantitative estimate of drug-likeness (QED) is 0.345. The molecule has 0 saturated heterocycles. The van der Waals surface area contributed by atoms with E-state index in [-0.39, 0.29) is 28.9 Å². The fraction of sp³-hybridized carbons (Fsp3) is 0.941. The molecule has 0 heterocycles. The van der Waals surface area contributed by atoms with E-state index in [2.05, 4.69) is 48.5 Å². The molecule has 4 nitrogen and oxygen atoms in total. The molecule has 0 aromatic carbocycles. The minimum absolute atomic E-state index is 0.0749. The number of esters is 2.